The van der Waals surface area contributed by atoms with Crippen LogP contribution in [0.1, 0.15) is 50.5 Å². The summed E-state index contributed by atoms with van der Waals surface area (Å²) in [6.07, 6.45) is 6.21. The summed E-state index contributed by atoms with van der Waals surface area (Å²) >= 11 is 0. The predicted octanol–water partition coefficient (Wildman–Crippen LogP) is 2.57. The minimum Gasteiger partial charge on any atom is -0.508 e. The summed E-state index contributed by atoms with van der Waals surface area (Å²) in [5.41, 5.74) is 0.344. The van der Waals surface area contributed by atoms with Gasteiger partial charge in [-0.15, -0.1) is 0 Å². The zero-order chi connectivity index (χ0) is 19.5. The Hall–Kier alpha value is -1.63. The van der Waals surface area contributed by atoms with Gasteiger partial charge in [0.1, 0.15) is 5.75 Å². The molecule has 0 radical (unpaired) electrons. The third kappa shape index (κ3) is 3.98. The third-order valence-corrected chi connectivity index (χ3v) is 6.85. The summed E-state index contributed by atoms with van der Waals surface area (Å²) in [6, 6.07) is 7.43. The van der Waals surface area contributed by atoms with Crippen molar-refractivity contribution in [3.05, 3.63) is 29.8 Å². The maximum absolute atomic E-state index is 11.5. The molecule has 1 aromatic carbocycles. The van der Waals surface area contributed by atoms with Crippen LogP contribution in [0.15, 0.2) is 29.4 Å². The van der Waals surface area contributed by atoms with E-state index in [4.69, 9.17) is 4.84 Å². The molecule has 5 atom stereocenters. The maximum atomic E-state index is 11.5. The number of aromatic hydroxyl groups is 1. The molecule has 27 heavy (non-hydrogen) atoms. The molecule has 6 nitrogen and oxygen atoms in total. The summed E-state index contributed by atoms with van der Waals surface area (Å²) in [6.45, 7) is 2.88. The normalized spacial score (nSPS) is 34.5. The second-order valence-corrected chi connectivity index (χ2v) is 8.32. The van der Waals surface area contributed by atoms with Gasteiger partial charge in [-0.05, 0) is 69.8 Å². The molecule has 2 saturated carbocycles. The lowest BCUT2D eigenvalue weighted by molar-refractivity contribution is -0.0960. The standard InChI is InChI=1S/C21H33N3O3/c1-20-10-8-16(15-4-6-18(25)7-5-15)12-21(20,26)11-9-17(20)13-24-27-19(23-3)14-22-2/h4-7,13,16-17,19,22-23,25-26H,8-12,14H2,1-3H3/t16-,17+,19?,20+,21-/m0/s1. The molecule has 1 aromatic rings. The van der Waals surface area contributed by atoms with Crippen molar-refractivity contribution in [3.63, 3.8) is 0 Å². The zero-order valence-electron chi connectivity index (χ0n) is 16.6. The van der Waals surface area contributed by atoms with Gasteiger partial charge in [-0.25, -0.2) is 0 Å². The Labute approximate surface area is 162 Å². The number of rotatable bonds is 7. The number of hydrogen-bond acceptors (Lipinski definition) is 6. The topological polar surface area (TPSA) is 86.1 Å². The van der Waals surface area contributed by atoms with Crippen LogP contribution in [0.4, 0.5) is 0 Å². The summed E-state index contributed by atoms with van der Waals surface area (Å²) < 4.78 is 0. The molecule has 4 N–H and O–H groups in total. The van der Waals surface area contributed by atoms with Gasteiger partial charge in [-0.2, -0.15) is 0 Å². The number of phenols is 1. The van der Waals surface area contributed by atoms with Crippen LogP contribution < -0.4 is 10.6 Å². The van der Waals surface area contributed by atoms with Crippen molar-refractivity contribution in [3.8, 4) is 5.75 Å². The van der Waals surface area contributed by atoms with Gasteiger partial charge in [0, 0.05) is 24.1 Å². The van der Waals surface area contributed by atoms with E-state index < -0.39 is 5.60 Å². The number of hydrogen-bond donors (Lipinski definition) is 4. The number of phenolic OH excluding ortho intramolecular Hbond substituents is 1. The average Bonchev–Trinajstić information content (AvgIpc) is 2.92. The molecule has 3 rings (SSSR count). The van der Waals surface area contributed by atoms with E-state index >= 15 is 0 Å². The lowest BCUT2D eigenvalue weighted by Gasteiger charge is -2.48. The van der Waals surface area contributed by atoms with E-state index in [9.17, 15) is 10.2 Å². The molecule has 2 fully saturated rings. The molecule has 150 valence electrons. The number of nitrogens with one attached hydrogen (secondary N) is 2. The number of oxime groups is 1. The fraction of sp³-hybridized carbons (Fsp3) is 0.667. The van der Waals surface area contributed by atoms with E-state index in [1.165, 1.54) is 5.56 Å². The minimum absolute atomic E-state index is 0.162. The fourth-order valence-corrected chi connectivity index (χ4v) is 4.91. The van der Waals surface area contributed by atoms with Crippen molar-refractivity contribution in [1.29, 1.82) is 0 Å². The summed E-state index contributed by atoms with van der Waals surface area (Å²) in [4.78, 5) is 5.54. The number of benzene rings is 1. The van der Waals surface area contributed by atoms with E-state index in [-0.39, 0.29) is 23.3 Å². The SMILES string of the molecule is CNCC(NC)ON=C[C@H]1CC[C@]2(O)C[C@@H](c3ccc(O)cc3)CC[C@]12C. The van der Waals surface area contributed by atoms with E-state index in [2.05, 4.69) is 22.7 Å². The first kappa shape index (κ1) is 20.1. The average molecular weight is 376 g/mol. The van der Waals surface area contributed by atoms with Gasteiger partial charge in [0.15, 0.2) is 6.23 Å². The Morgan fingerprint density at radius 3 is 2.67 bits per heavy atom. The van der Waals surface area contributed by atoms with Gasteiger partial charge >= 0.3 is 0 Å². The van der Waals surface area contributed by atoms with Crippen LogP contribution in [-0.2, 0) is 4.84 Å². The Bertz CT molecular complexity index is 651. The molecule has 6 heteroatoms. The molecule has 2 aliphatic carbocycles. The van der Waals surface area contributed by atoms with Crippen molar-refractivity contribution in [2.45, 2.75) is 56.8 Å². The molecule has 2 aliphatic rings. The lowest BCUT2D eigenvalue weighted by Crippen LogP contribution is -2.49. The van der Waals surface area contributed by atoms with Crippen molar-refractivity contribution < 1.29 is 15.1 Å². The van der Waals surface area contributed by atoms with Gasteiger partial charge in [0.2, 0.25) is 0 Å². The van der Waals surface area contributed by atoms with Gasteiger partial charge in [0.25, 0.3) is 0 Å². The summed E-state index contributed by atoms with van der Waals surface area (Å²) in [5.74, 6) is 0.837. The highest BCUT2D eigenvalue weighted by molar-refractivity contribution is 5.62. The molecule has 1 unspecified atom stereocenters. The summed E-state index contributed by atoms with van der Waals surface area (Å²) in [7, 11) is 3.72. The van der Waals surface area contributed by atoms with Crippen molar-refractivity contribution in [2.75, 3.05) is 20.6 Å². The van der Waals surface area contributed by atoms with Crippen molar-refractivity contribution in [1.82, 2.24) is 10.6 Å². The maximum Gasteiger partial charge on any atom is 0.190 e. The molecule has 0 saturated heterocycles. The largest absolute Gasteiger partial charge is 0.508 e. The van der Waals surface area contributed by atoms with Crippen LogP contribution >= 0.6 is 0 Å². The van der Waals surface area contributed by atoms with E-state index in [1.54, 1.807) is 12.1 Å². The van der Waals surface area contributed by atoms with E-state index in [0.29, 0.717) is 12.5 Å². The Kier molecular flexibility index (Phi) is 6.08. The number of likely N-dealkylation sites (N-methyl/N-ethyl adjacent to an activating group) is 2. The van der Waals surface area contributed by atoms with E-state index in [1.807, 2.05) is 32.4 Å². The van der Waals surface area contributed by atoms with Crippen LogP contribution in [0.5, 0.6) is 5.75 Å². The van der Waals surface area contributed by atoms with Gasteiger partial charge in [-0.1, -0.05) is 24.2 Å². The second-order valence-electron chi connectivity index (χ2n) is 8.32. The number of nitrogens with zero attached hydrogens (tertiary/aromatic N) is 1. The second kappa shape index (κ2) is 8.17. The smallest absolute Gasteiger partial charge is 0.190 e. The molecule has 0 aromatic heterocycles. The molecule has 0 heterocycles. The Morgan fingerprint density at radius 2 is 2.00 bits per heavy atom. The van der Waals surface area contributed by atoms with Gasteiger partial charge < -0.3 is 20.4 Å². The third-order valence-electron chi connectivity index (χ3n) is 6.85. The first-order chi connectivity index (χ1) is 12.9. The molecular weight excluding hydrogens is 342 g/mol. The minimum atomic E-state index is -0.683. The van der Waals surface area contributed by atoms with Crippen LogP contribution in [0.2, 0.25) is 0 Å². The van der Waals surface area contributed by atoms with Crippen LogP contribution in [0.25, 0.3) is 0 Å². The van der Waals surface area contributed by atoms with Crippen LogP contribution in [0, 0.1) is 11.3 Å². The molecule has 0 bridgehead atoms. The van der Waals surface area contributed by atoms with Gasteiger partial charge in [-0.3, -0.25) is 5.32 Å². The zero-order valence-corrected chi connectivity index (χ0v) is 16.6. The number of fused-ring (bicyclic) bond motifs is 1. The summed E-state index contributed by atoms with van der Waals surface area (Å²) in [5, 5.41) is 31.4. The van der Waals surface area contributed by atoms with Crippen LogP contribution in [-0.4, -0.2) is 48.9 Å². The van der Waals surface area contributed by atoms with Crippen molar-refractivity contribution >= 4 is 6.21 Å². The molecular formula is C21H33N3O3. The first-order valence-corrected chi connectivity index (χ1v) is 9.94. The predicted molar refractivity (Wildman–Crippen MR) is 107 cm³/mol. The van der Waals surface area contributed by atoms with Gasteiger partial charge in [0.05, 0.1) is 5.60 Å². The Morgan fingerprint density at radius 1 is 1.26 bits per heavy atom. The Balaban J connectivity index is 1.67. The molecule has 0 aliphatic heterocycles. The molecule has 0 spiro atoms. The molecule has 0 amide bonds. The van der Waals surface area contributed by atoms with E-state index in [0.717, 1.165) is 32.1 Å². The number of aliphatic hydroxyl groups is 1. The fourth-order valence-electron chi connectivity index (χ4n) is 4.91. The van der Waals surface area contributed by atoms with Crippen LogP contribution in [0.3, 0.4) is 0 Å². The first-order valence-electron chi connectivity index (χ1n) is 9.94. The van der Waals surface area contributed by atoms with Crippen molar-refractivity contribution in [2.24, 2.45) is 16.5 Å². The highest BCUT2D eigenvalue weighted by Crippen LogP contribution is 2.60. The monoisotopic (exact) mass is 375 g/mol. The highest BCUT2D eigenvalue weighted by atomic mass is 16.6. The highest BCUT2D eigenvalue weighted by Gasteiger charge is 2.58. The lowest BCUT2D eigenvalue weighted by atomic mass is 9.59. The quantitative estimate of drug-likeness (QED) is 0.334.